The molecule has 0 saturated carbocycles. The van der Waals surface area contributed by atoms with Crippen LogP contribution in [0, 0.1) is 5.92 Å². The van der Waals surface area contributed by atoms with Crippen LogP contribution in [0.2, 0.25) is 0 Å². The Labute approximate surface area is 311 Å². The highest BCUT2D eigenvalue weighted by molar-refractivity contribution is 6.12. The van der Waals surface area contributed by atoms with Crippen LogP contribution in [0.15, 0.2) is 30.4 Å². The van der Waals surface area contributed by atoms with Crippen molar-refractivity contribution in [3.63, 3.8) is 0 Å². The van der Waals surface area contributed by atoms with Crippen LogP contribution in [0.25, 0.3) is 0 Å². The first-order valence-electron chi connectivity index (χ1n) is 17.2. The number of imide groups is 1. The first kappa shape index (κ1) is 44.3. The van der Waals surface area contributed by atoms with E-state index in [0.717, 1.165) is 24.2 Å². The first-order valence-corrected chi connectivity index (χ1v) is 17.2. The third-order valence-corrected chi connectivity index (χ3v) is 8.35. The van der Waals surface area contributed by atoms with Crippen LogP contribution < -0.4 is 32.3 Å². The van der Waals surface area contributed by atoms with Gasteiger partial charge in [-0.15, -0.1) is 0 Å². The molecule has 9 N–H and O–H groups in total. The van der Waals surface area contributed by atoms with Gasteiger partial charge in [-0.1, -0.05) is 13.0 Å². The number of phenols is 1. The maximum Gasteiger partial charge on any atom is 0.306 e. The van der Waals surface area contributed by atoms with E-state index in [9.17, 15) is 48.3 Å². The fourth-order valence-corrected chi connectivity index (χ4v) is 5.13. The lowest BCUT2D eigenvalue weighted by molar-refractivity contribution is -0.142. The number of carbonyl (C=O) groups is 9. The predicted octanol–water partition coefficient (Wildman–Crippen LogP) is -1.03. The lowest BCUT2D eigenvalue weighted by Gasteiger charge is -2.23. The van der Waals surface area contributed by atoms with Gasteiger partial charge in [0.1, 0.15) is 29.9 Å². The molecule has 0 radical (unpaired) electrons. The van der Waals surface area contributed by atoms with Gasteiger partial charge in [0.15, 0.2) is 0 Å². The van der Waals surface area contributed by atoms with E-state index in [1.54, 1.807) is 6.07 Å². The molecule has 0 fully saturated rings. The number of rotatable bonds is 21. The van der Waals surface area contributed by atoms with Gasteiger partial charge < -0.3 is 47.3 Å². The van der Waals surface area contributed by atoms with Crippen molar-refractivity contribution in [1.29, 1.82) is 0 Å². The number of hydrogen-bond donors (Lipinski definition) is 8. The van der Waals surface area contributed by atoms with Crippen LogP contribution >= 0.6 is 0 Å². The Bertz CT molecular complexity index is 1610. The summed E-state index contributed by atoms with van der Waals surface area (Å²) in [7, 11) is 1.15. The van der Waals surface area contributed by atoms with Crippen LogP contribution in [0.3, 0.4) is 0 Å². The standard InChI is InChI=1S/C35H49N7O12/c1-18(35(52)53)15-23(36)16-22-8-10-26(43)25(17-22)41-33(50)21(4)38-31(48)19(2)37-32(49)20(3)39-34(51)24(9-13-30(47)54-5)40-27(44)7-6-14-42-28(45)11-12-29(42)46/h8,10-12,17-21,23-24,43H,6-7,9,13-16,36H2,1-5H3,(H,37,49)(H,38,48)(H,39,51)(H,40,44)(H,41,50)(H,52,53)/t18-,19-,20-,21-,23+,24-/m0/s1. The average Bonchev–Trinajstić information content (AvgIpc) is 3.43. The highest BCUT2D eigenvalue weighted by Crippen LogP contribution is 2.25. The Hall–Kier alpha value is -5.85. The van der Waals surface area contributed by atoms with E-state index in [4.69, 9.17) is 10.8 Å². The zero-order chi connectivity index (χ0) is 40.7. The maximum atomic E-state index is 13.1. The number of ether oxygens (including phenoxy) is 1. The molecule has 296 valence electrons. The monoisotopic (exact) mass is 759 g/mol. The van der Waals surface area contributed by atoms with E-state index in [1.165, 1.54) is 39.8 Å². The molecule has 6 atom stereocenters. The number of amides is 7. The summed E-state index contributed by atoms with van der Waals surface area (Å²) >= 11 is 0. The molecule has 0 aliphatic carbocycles. The molecule has 54 heavy (non-hydrogen) atoms. The molecule has 19 heteroatoms. The summed E-state index contributed by atoms with van der Waals surface area (Å²) in [5, 5.41) is 31.7. The van der Waals surface area contributed by atoms with Gasteiger partial charge in [0, 0.05) is 37.6 Å². The molecule has 0 bridgehead atoms. The van der Waals surface area contributed by atoms with E-state index in [1.807, 2.05) is 0 Å². The Morgan fingerprint density at radius 1 is 0.815 bits per heavy atom. The van der Waals surface area contributed by atoms with Crippen molar-refractivity contribution in [1.82, 2.24) is 26.2 Å². The molecule has 0 unspecified atom stereocenters. The molecule has 0 spiro atoms. The molecular weight excluding hydrogens is 710 g/mol. The van der Waals surface area contributed by atoms with Gasteiger partial charge in [0.25, 0.3) is 11.8 Å². The number of carboxylic acid groups (broad SMARTS) is 1. The number of methoxy groups -OCH3 is 1. The van der Waals surface area contributed by atoms with Crippen LogP contribution in [0.5, 0.6) is 5.75 Å². The minimum absolute atomic E-state index is 0.0190. The van der Waals surface area contributed by atoms with Gasteiger partial charge in [-0.05, 0) is 64.2 Å². The fourth-order valence-electron chi connectivity index (χ4n) is 5.13. The van der Waals surface area contributed by atoms with Crippen molar-refractivity contribution in [3.05, 3.63) is 35.9 Å². The van der Waals surface area contributed by atoms with Gasteiger partial charge >= 0.3 is 11.9 Å². The summed E-state index contributed by atoms with van der Waals surface area (Å²) in [5.74, 6) is -7.20. The van der Waals surface area contributed by atoms with Crippen molar-refractivity contribution in [2.45, 2.75) is 96.4 Å². The number of carboxylic acids is 1. The Balaban J connectivity index is 1.91. The van der Waals surface area contributed by atoms with Gasteiger partial charge in [-0.3, -0.25) is 48.1 Å². The van der Waals surface area contributed by atoms with E-state index >= 15 is 0 Å². The molecule has 0 aromatic heterocycles. The minimum Gasteiger partial charge on any atom is -0.506 e. The number of carbonyl (C=O) groups excluding carboxylic acids is 8. The number of benzene rings is 1. The highest BCUT2D eigenvalue weighted by atomic mass is 16.5. The third-order valence-electron chi connectivity index (χ3n) is 8.35. The molecule has 1 heterocycles. The number of aliphatic carboxylic acids is 1. The molecule has 2 rings (SSSR count). The normalized spacial score (nSPS) is 15.6. The minimum atomic E-state index is -1.26. The summed E-state index contributed by atoms with van der Waals surface area (Å²) in [6, 6.07) is -0.887. The third kappa shape index (κ3) is 14.3. The summed E-state index contributed by atoms with van der Waals surface area (Å²) < 4.78 is 4.61. The van der Waals surface area contributed by atoms with Gasteiger partial charge in [-0.2, -0.15) is 0 Å². The first-order chi connectivity index (χ1) is 25.3. The van der Waals surface area contributed by atoms with Crippen LogP contribution in [-0.2, 0) is 54.3 Å². The Morgan fingerprint density at radius 2 is 1.37 bits per heavy atom. The molecule has 7 amide bonds. The highest BCUT2D eigenvalue weighted by Gasteiger charge is 2.28. The molecule has 1 aromatic rings. The molecule has 1 aromatic carbocycles. The second kappa shape index (κ2) is 21.0. The summed E-state index contributed by atoms with van der Waals surface area (Å²) in [6.07, 6.45) is 2.25. The number of nitrogens with two attached hydrogens (primary N) is 1. The van der Waals surface area contributed by atoms with Gasteiger partial charge in [0.05, 0.1) is 18.7 Å². The maximum absolute atomic E-state index is 13.1. The fraction of sp³-hybridized carbons (Fsp3) is 0.514. The van der Waals surface area contributed by atoms with Gasteiger partial charge in [-0.25, -0.2) is 0 Å². The average molecular weight is 760 g/mol. The molecule has 1 aliphatic rings. The van der Waals surface area contributed by atoms with Crippen LogP contribution in [0.1, 0.15) is 65.4 Å². The number of phenolic OH excluding ortho intramolecular Hbond substituents is 1. The van der Waals surface area contributed by atoms with E-state index in [2.05, 4.69) is 31.3 Å². The number of nitrogens with one attached hydrogen (secondary N) is 5. The smallest absolute Gasteiger partial charge is 0.306 e. The lowest BCUT2D eigenvalue weighted by atomic mass is 9.96. The SMILES string of the molecule is COC(=O)CC[C@H](NC(=O)CCCN1C(=O)C=CC1=O)C(=O)N[C@@H](C)C(=O)N[C@@H](C)C(=O)N[C@@H](C)C(=O)Nc1cc(C[C@H](N)C[C@H](C)C(=O)O)ccc1O. The largest absolute Gasteiger partial charge is 0.506 e. The van der Waals surface area contributed by atoms with E-state index < -0.39 is 89.4 Å². The van der Waals surface area contributed by atoms with E-state index in [-0.39, 0.29) is 56.5 Å². The van der Waals surface area contributed by atoms with Crippen LogP contribution in [0.4, 0.5) is 5.69 Å². The molecule has 19 nitrogen and oxygen atoms in total. The summed E-state index contributed by atoms with van der Waals surface area (Å²) in [6.45, 7) is 5.56. The van der Waals surface area contributed by atoms with Crippen molar-refractivity contribution >= 4 is 59.0 Å². The zero-order valence-corrected chi connectivity index (χ0v) is 30.8. The number of anilines is 1. The summed E-state index contributed by atoms with van der Waals surface area (Å²) in [5.41, 5.74) is 6.74. The predicted molar refractivity (Wildman–Crippen MR) is 191 cm³/mol. The quantitative estimate of drug-likeness (QED) is 0.0423. The van der Waals surface area contributed by atoms with Crippen molar-refractivity contribution in [2.75, 3.05) is 19.0 Å². The van der Waals surface area contributed by atoms with Gasteiger partial charge in [0.2, 0.25) is 29.5 Å². The van der Waals surface area contributed by atoms with Crippen molar-refractivity contribution < 1.29 is 58.1 Å². The van der Waals surface area contributed by atoms with Crippen molar-refractivity contribution in [3.8, 4) is 5.75 Å². The van der Waals surface area contributed by atoms with Crippen LogP contribution in [-0.4, -0.2) is 112 Å². The Morgan fingerprint density at radius 3 is 1.93 bits per heavy atom. The second-order valence-electron chi connectivity index (χ2n) is 13.0. The summed E-state index contributed by atoms with van der Waals surface area (Å²) in [4.78, 5) is 112. The Kier molecular flexibility index (Phi) is 17.2. The second-order valence-corrected chi connectivity index (χ2v) is 13.0. The molecule has 0 saturated heterocycles. The molecular formula is C35H49N7O12. The number of aromatic hydroxyl groups is 1. The van der Waals surface area contributed by atoms with Crippen molar-refractivity contribution in [2.24, 2.45) is 11.7 Å². The lowest BCUT2D eigenvalue weighted by Crippen LogP contribution is -2.56. The number of nitrogens with zero attached hydrogens (tertiary/aromatic N) is 1. The number of hydrogen-bond acceptors (Lipinski definition) is 12. The topological polar surface area (TPSA) is 293 Å². The molecule has 1 aliphatic heterocycles. The van der Waals surface area contributed by atoms with E-state index in [0.29, 0.717) is 5.56 Å². The zero-order valence-electron chi connectivity index (χ0n) is 30.8. The number of esters is 1.